The summed E-state index contributed by atoms with van der Waals surface area (Å²) in [7, 11) is 0. The molecule has 2 aliphatic rings. The maximum absolute atomic E-state index is 12.6. The average Bonchev–Trinajstić information content (AvgIpc) is 3.16. The van der Waals surface area contributed by atoms with E-state index in [2.05, 4.69) is 18.2 Å². The molecule has 0 saturated carbocycles. The second-order valence-corrected chi connectivity index (χ2v) is 8.17. The Morgan fingerprint density at radius 2 is 1.54 bits per heavy atom. The first-order valence-electron chi connectivity index (χ1n) is 10.4. The van der Waals surface area contributed by atoms with Crippen LogP contribution >= 0.6 is 0 Å². The fourth-order valence-electron chi connectivity index (χ4n) is 4.21. The summed E-state index contributed by atoms with van der Waals surface area (Å²) < 4.78 is 0. The third-order valence-corrected chi connectivity index (χ3v) is 5.84. The molecule has 2 aromatic carbocycles. The van der Waals surface area contributed by atoms with Gasteiger partial charge in [0.15, 0.2) is 0 Å². The Balaban J connectivity index is 1.52. The second-order valence-electron chi connectivity index (χ2n) is 8.17. The van der Waals surface area contributed by atoms with E-state index < -0.39 is 0 Å². The number of carbonyl (C=O) groups excluding carboxylic acids is 2. The first-order valence-corrected chi connectivity index (χ1v) is 10.4. The van der Waals surface area contributed by atoms with Crippen LogP contribution in [0.1, 0.15) is 49.0 Å². The molecule has 4 rings (SSSR count). The summed E-state index contributed by atoms with van der Waals surface area (Å²) in [4.78, 5) is 28.9. The normalized spacial score (nSPS) is 16.4. The molecule has 0 aliphatic carbocycles. The summed E-state index contributed by atoms with van der Waals surface area (Å²) in [5, 5.41) is 0. The lowest BCUT2D eigenvalue weighted by atomic mass is 10.00. The van der Waals surface area contributed by atoms with Gasteiger partial charge < -0.3 is 9.80 Å². The van der Waals surface area contributed by atoms with Gasteiger partial charge in [-0.2, -0.15) is 0 Å². The highest BCUT2D eigenvalue weighted by Gasteiger charge is 2.26. The van der Waals surface area contributed by atoms with E-state index in [0.717, 1.165) is 61.3 Å². The van der Waals surface area contributed by atoms with Crippen molar-refractivity contribution in [2.24, 2.45) is 5.92 Å². The minimum atomic E-state index is 0.00983. The molecule has 146 valence electrons. The zero-order valence-electron chi connectivity index (χ0n) is 16.8. The van der Waals surface area contributed by atoms with Crippen molar-refractivity contribution in [1.82, 2.24) is 4.90 Å². The largest absolute Gasteiger partial charge is 0.339 e. The summed E-state index contributed by atoms with van der Waals surface area (Å²) in [5.41, 5.74) is 5.26. The van der Waals surface area contributed by atoms with Gasteiger partial charge in [-0.15, -0.1) is 0 Å². The molecule has 2 aromatic rings. The quantitative estimate of drug-likeness (QED) is 0.790. The number of rotatable bonds is 3. The highest BCUT2D eigenvalue weighted by Crippen LogP contribution is 2.33. The molecule has 1 fully saturated rings. The van der Waals surface area contributed by atoms with Crippen LogP contribution < -0.4 is 4.90 Å². The van der Waals surface area contributed by atoms with Gasteiger partial charge in [0, 0.05) is 36.8 Å². The van der Waals surface area contributed by atoms with E-state index in [4.69, 9.17) is 0 Å². The molecule has 4 heteroatoms. The fraction of sp³-hybridized carbons (Fsp3) is 0.417. The van der Waals surface area contributed by atoms with Crippen LogP contribution in [-0.4, -0.2) is 36.3 Å². The molecule has 0 N–H and O–H groups in total. The van der Waals surface area contributed by atoms with Gasteiger partial charge in [0.1, 0.15) is 0 Å². The molecule has 0 atom stereocenters. The van der Waals surface area contributed by atoms with Crippen molar-refractivity contribution >= 4 is 17.5 Å². The van der Waals surface area contributed by atoms with Crippen molar-refractivity contribution in [1.29, 1.82) is 0 Å². The summed E-state index contributed by atoms with van der Waals surface area (Å²) >= 11 is 0. The molecule has 0 unspecified atom stereocenters. The maximum Gasteiger partial charge on any atom is 0.253 e. The van der Waals surface area contributed by atoms with Gasteiger partial charge in [-0.25, -0.2) is 0 Å². The lowest BCUT2D eigenvalue weighted by Gasteiger charge is -2.26. The predicted molar refractivity (Wildman–Crippen MR) is 113 cm³/mol. The van der Waals surface area contributed by atoms with Gasteiger partial charge in [0.25, 0.3) is 5.91 Å². The zero-order valence-corrected chi connectivity index (χ0v) is 16.8. The van der Waals surface area contributed by atoms with Gasteiger partial charge in [-0.1, -0.05) is 32.0 Å². The molecule has 2 heterocycles. The Hall–Kier alpha value is -2.62. The van der Waals surface area contributed by atoms with E-state index in [9.17, 15) is 9.59 Å². The standard InChI is InChI=1S/C24H28N2O2/c1-17(2)23(27)26-15-12-21-16-20(10-11-22(21)26)18-6-8-19(9-7-18)24(28)25-13-4-3-5-14-25/h6-11,16-17H,3-5,12-15H2,1-2H3. The molecule has 1 saturated heterocycles. The van der Waals surface area contributed by atoms with E-state index in [1.165, 1.54) is 12.0 Å². The number of anilines is 1. The molecule has 0 radical (unpaired) electrons. The number of amides is 2. The smallest absolute Gasteiger partial charge is 0.253 e. The molecule has 4 nitrogen and oxygen atoms in total. The van der Waals surface area contributed by atoms with Crippen LogP contribution in [0.3, 0.4) is 0 Å². The topological polar surface area (TPSA) is 40.6 Å². The third-order valence-electron chi connectivity index (χ3n) is 5.84. The lowest BCUT2D eigenvalue weighted by molar-refractivity contribution is -0.121. The molecule has 2 amide bonds. The minimum absolute atomic E-state index is 0.00983. The highest BCUT2D eigenvalue weighted by molar-refractivity contribution is 5.97. The van der Waals surface area contributed by atoms with E-state index in [-0.39, 0.29) is 17.7 Å². The number of likely N-dealkylation sites (tertiary alicyclic amines) is 1. The Bertz CT molecular complexity index is 880. The zero-order chi connectivity index (χ0) is 19.7. The molecule has 2 aliphatic heterocycles. The van der Waals surface area contributed by atoms with Gasteiger partial charge in [0.05, 0.1) is 0 Å². The van der Waals surface area contributed by atoms with Crippen molar-refractivity contribution in [3.63, 3.8) is 0 Å². The number of carbonyl (C=O) groups is 2. The molecule has 0 spiro atoms. The van der Waals surface area contributed by atoms with Crippen LogP contribution in [0.5, 0.6) is 0 Å². The Morgan fingerprint density at radius 1 is 0.857 bits per heavy atom. The second kappa shape index (κ2) is 7.78. The predicted octanol–water partition coefficient (Wildman–Crippen LogP) is 4.52. The summed E-state index contributed by atoms with van der Waals surface area (Å²) in [6, 6.07) is 14.3. The first-order chi connectivity index (χ1) is 13.5. The van der Waals surface area contributed by atoms with Crippen molar-refractivity contribution in [2.75, 3.05) is 24.5 Å². The highest BCUT2D eigenvalue weighted by atomic mass is 16.2. The Morgan fingerprint density at radius 3 is 2.21 bits per heavy atom. The van der Waals surface area contributed by atoms with Crippen molar-refractivity contribution in [3.05, 3.63) is 53.6 Å². The monoisotopic (exact) mass is 376 g/mol. The lowest BCUT2D eigenvalue weighted by Crippen LogP contribution is -2.35. The molecule has 0 aromatic heterocycles. The Labute approximate surface area is 167 Å². The van der Waals surface area contributed by atoms with Crippen LogP contribution in [0.15, 0.2) is 42.5 Å². The van der Waals surface area contributed by atoms with E-state index in [0.29, 0.717) is 0 Å². The molecule has 28 heavy (non-hydrogen) atoms. The summed E-state index contributed by atoms with van der Waals surface area (Å²) in [6.07, 6.45) is 4.33. The van der Waals surface area contributed by atoms with Gasteiger partial charge in [-0.05, 0) is 66.6 Å². The van der Waals surface area contributed by atoms with Crippen LogP contribution in [0.4, 0.5) is 5.69 Å². The maximum atomic E-state index is 12.6. The first kappa shape index (κ1) is 18.7. The molecular weight excluding hydrogens is 348 g/mol. The van der Waals surface area contributed by atoms with Gasteiger partial charge in [0.2, 0.25) is 5.91 Å². The van der Waals surface area contributed by atoms with Crippen LogP contribution in [0, 0.1) is 5.92 Å². The Kier molecular flexibility index (Phi) is 5.21. The van der Waals surface area contributed by atoms with E-state index in [1.54, 1.807) is 0 Å². The number of hydrogen-bond donors (Lipinski definition) is 0. The number of hydrogen-bond acceptors (Lipinski definition) is 2. The van der Waals surface area contributed by atoms with E-state index in [1.807, 2.05) is 47.9 Å². The number of benzene rings is 2. The van der Waals surface area contributed by atoms with Crippen LogP contribution in [-0.2, 0) is 11.2 Å². The molecule has 0 bridgehead atoms. The van der Waals surface area contributed by atoms with Gasteiger partial charge >= 0.3 is 0 Å². The number of fused-ring (bicyclic) bond motifs is 1. The summed E-state index contributed by atoms with van der Waals surface area (Å²) in [5.74, 6) is 0.339. The number of nitrogens with zero attached hydrogens (tertiary/aromatic N) is 2. The fourth-order valence-corrected chi connectivity index (χ4v) is 4.21. The molecular formula is C24H28N2O2. The summed E-state index contributed by atoms with van der Waals surface area (Å²) in [6.45, 7) is 6.40. The minimum Gasteiger partial charge on any atom is -0.339 e. The third kappa shape index (κ3) is 3.56. The van der Waals surface area contributed by atoms with Crippen LogP contribution in [0.25, 0.3) is 11.1 Å². The SMILES string of the molecule is CC(C)C(=O)N1CCc2cc(-c3ccc(C(=O)N4CCCCC4)cc3)ccc21. The van der Waals surface area contributed by atoms with Crippen molar-refractivity contribution in [2.45, 2.75) is 39.5 Å². The average molecular weight is 377 g/mol. The number of piperidine rings is 1. The van der Waals surface area contributed by atoms with Gasteiger partial charge in [-0.3, -0.25) is 9.59 Å². The van der Waals surface area contributed by atoms with Crippen molar-refractivity contribution in [3.8, 4) is 11.1 Å². The van der Waals surface area contributed by atoms with Crippen molar-refractivity contribution < 1.29 is 9.59 Å². The van der Waals surface area contributed by atoms with Crippen LogP contribution in [0.2, 0.25) is 0 Å². The van der Waals surface area contributed by atoms with E-state index >= 15 is 0 Å².